The normalized spacial score (nSPS) is 13.1. The highest BCUT2D eigenvalue weighted by Crippen LogP contribution is 2.29. The number of fused-ring (bicyclic) bond motifs is 1. The van der Waals surface area contributed by atoms with Crippen LogP contribution >= 0.6 is 0 Å². The van der Waals surface area contributed by atoms with Gasteiger partial charge in [0.1, 0.15) is 0 Å². The molecule has 2 heterocycles. The molecule has 0 aliphatic carbocycles. The van der Waals surface area contributed by atoms with Gasteiger partial charge in [0.15, 0.2) is 0 Å². The molecule has 0 unspecified atom stereocenters. The van der Waals surface area contributed by atoms with Gasteiger partial charge in [-0.05, 0) is 30.7 Å². The van der Waals surface area contributed by atoms with E-state index in [0.29, 0.717) is 25.3 Å². The van der Waals surface area contributed by atoms with E-state index in [1.165, 1.54) is 0 Å². The molecule has 5 heteroatoms. The van der Waals surface area contributed by atoms with Gasteiger partial charge in [0.2, 0.25) is 5.91 Å². The van der Waals surface area contributed by atoms with Gasteiger partial charge in [-0.3, -0.25) is 14.6 Å². The van der Waals surface area contributed by atoms with Crippen molar-refractivity contribution >= 4 is 17.7 Å². The molecule has 1 N–H and O–H groups in total. The number of para-hydroxylation sites is 1. The van der Waals surface area contributed by atoms with Gasteiger partial charge in [0.05, 0.1) is 31.1 Å². The van der Waals surface area contributed by atoms with Gasteiger partial charge in [-0.15, -0.1) is 0 Å². The lowest BCUT2D eigenvalue weighted by Crippen LogP contribution is -2.35. The van der Waals surface area contributed by atoms with Gasteiger partial charge >= 0.3 is 0 Å². The van der Waals surface area contributed by atoms with E-state index in [-0.39, 0.29) is 5.91 Å². The first-order valence-electron chi connectivity index (χ1n) is 9.16. The van der Waals surface area contributed by atoms with Gasteiger partial charge in [-0.2, -0.15) is 0 Å². The molecule has 1 aromatic heterocycles. The van der Waals surface area contributed by atoms with E-state index in [1.54, 1.807) is 6.20 Å². The summed E-state index contributed by atoms with van der Waals surface area (Å²) in [6.07, 6.45) is 6.97. The van der Waals surface area contributed by atoms with Crippen LogP contribution in [0.1, 0.15) is 37.4 Å². The van der Waals surface area contributed by atoms with Gasteiger partial charge in [-0.1, -0.05) is 44.0 Å². The Morgan fingerprint density at radius 1 is 1.19 bits per heavy atom. The molecule has 0 saturated carbocycles. The number of nitrogens with one attached hydrogen (secondary N) is 1. The maximum absolute atomic E-state index is 12.6. The predicted octanol–water partition coefficient (Wildman–Crippen LogP) is 3.72. The number of hydroxylamine groups is 1. The maximum Gasteiger partial charge on any atom is 0.249 e. The number of anilines is 1. The third kappa shape index (κ3) is 4.70. The number of pyridine rings is 1. The Bertz CT molecular complexity index is 759. The number of hydrogen-bond acceptors (Lipinski definition) is 4. The molecule has 0 fully saturated rings. The van der Waals surface area contributed by atoms with Gasteiger partial charge in [-0.25, -0.2) is 5.06 Å². The Morgan fingerprint density at radius 2 is 2.04 bits per heavy atom. The molecule has 1 aromatic carbocycles. The van der Waals surface area contributed by atoms with Crippen molar-refractivity contribution in [2.45, 2.75) is 32.7 Å². The first kappa shape index (κ1) is 18.1. The number of benzene rings is 1. The molecule has 136 valence electrons. The van der Waals surface area contributed by atoms with Crippen LogP contribution in [0.5, 0.6) is 0 Å². The summed E-state index contributed by atoms with van der Waals surface area (Å²) in [5.74, 6) is -0.0904. The topological polar surface area (TPSA) is 54.5 Å². The van der Waals surface area contributed by atoms with Crippen molar-refractivity contribution in [2.75, 3.05) is 18.2 Å². The second-order valence-corrected chi connectivity index (χ2v) is 6.31. The van der Waals surface area contributed by atoms with Crippen LogP contribution in [0.15, 0.2) is 54.2 Å². The van der Waals surface area contributed by atoms with Crippen molar-refractivity contribution in [3.05, 3.63) is 65.5 Å². The van der Waals surface area contributed by atoms with Crippen molar-refractivity contribution in [1.82, 2.24) is 10.3 Å². The second-order valence-electron chi connectivity index (χ2n) is 6.31. The molecule has 1 aliphatic rings. The molecule has 5 nitrogen and oxygen atoms in total. The Morgan fingerprint density at radius 3 is 2.85 bits per heavy atom. The Balaban J connectivity index is 1.67. The fourth-order valence-electron chi connectivity index (χ4n) is 2.88. The maximum atomic E-state index is 12.6. The SMILES string of the molecule is CCCCCON1CC(C(=O)NCc2ccccn2)=Cc2ccccc21. The number of carbonyl (C=O) groups is 1. The summed E-state index contributed by atoms with van der Waals surface area (Å²) in [5, 5.41) is 4.78. The van der Waals surface area contributed by atoms with Crippen LogP contribution in [0.25, 0.3) is 6.08 Å². The van der Waals surface area contributed by atoms with Gasteiger partial charge < -0.3 is 5.32 Å². The van der Waals surface area contributed by atoms with Crippen LogP contribution in [0.2, 0.25) is 0 Å². The Labute approximate surface area is 154 Å². The third-order valence-electron chi connectivity index (χ3n) is 4.29. The number of carbonyl (C=O) groups excluding carboxylic acids is 1. The van der Waals surface area contributed by atoms with E-state index in [0.717, 1.165) is 36.2 Å². The lowest BCUT2D eigenvalue weighted by Gasteiger charge is -2.29. The zero-order valence-corrected chi connectivity index (χ0v) is 15.1. The molecule has 26 heavy (non-hydrogen) atoms. The lowest BCUT2D eigenvalue weighted by atomic mass is 10.0. The average molecular weight is 351 g/mol. The molecule has 2 aromatic rings. The van der Waals surface area contributed by atoms with E-state index in [1.807, 2.05) is 53.6 Å². The number of amides is 1. The third-order valence-corrected chi connectivity index (χ3v) is 4.29. The highest BCUT2D eigenvalue weighted by molar-refractivity contribution is 6.00. The Hall–Kier alpha value is -2.66. The minimum Gasteiger partial charge on any atom is -0.347 e. The van der Waals surface area contributed by atoms with Gasteiger partial charge in [0.25, 0.3) is 0 Å². The fourth-order valence-corrected chi connectivity index (χ4v) is 2.88. The molecule has 1 aliphatic heterocycles. The van der Waals surface area contributed by atoms with E-state index in [2.05, 4.69) is 17.2 Å². The number of aromatic nitrogens is 1. The highest BCUT2D eigenvalue weighted by atomic mass is 16.7. The lowest BCUT2D eigenvalue weighted by molar-refractivity contribution is -0.117. The Kier molecular flexibility index (Phi) is 6.39. The molecule has 0 spiro atoms. The fraction of sp³-hybridized carbons (Fsp3) is 0.333. The zero-order valence-electron chi connectivity index (χ0n) is 15.1. The van der Waals surface area contributed by atoms with Crippen LogP contribution in [0, 0.1) is 0 Å². The molecule has 0 atom stereocenters. The summed E-state index contributed by atoms with van der Waals surface area (Å²) < 4.78 is 0. The van der Waals surface area contributed by atoms with Crippen molar-refractivity contribution < 1.29 is 9.63 Å². The van der Waals surface area contributed by atoms with Crippen molar-refractivity contribution in [3.63, 3.8) is 0 Å². The molecule has 1 amide bonds. The first-order chi connectivity index (χ1) is 12.8. The molecule has 0 saturated heterocycles. The number of rotatable bonds is 8. The monoisotopic (exact) mass is 351 g/mol. The quantitative estimate of drug-likeness (QED) is 0.737. The summed E-state index contributed by atoms with van der Waals surface area (Å²) in [7, 11) is 0. The van der Waals surface area contributed by atoms with Crippen LogP contribution < -0.4 is 10.4 Å². The van der Waals surface area contributed by atoms with Gasteiger partial charge in [0, 0.05) is 17.3 Å². The molecular formula is C21H25N3O2. The van der Waals surface area contributed by atoms with Crippen molar-refractivity contribution in [1.29, 1.82) is 0 Å². The van der Waals surface area contributed by atoms with Crippen LogP contribution in [0.3, 0.4) is 0 Å². The van der Waals surface area contributed by atoms with Crippen LogP contribution in [-0.4, -0.2) is 24.0 Å². The van der Waals surface area contributed by atoms with E-state index >= 15 is 0 Å². The average Bonchev–Trinajstić information content (AvgIpc) is 2.70. The largest absolute Gasteiger partial charge is 0.347 e. The summed E-state index contributed by atoms with van der Waals surface area (Å²) >= 11 is 0. The molecule has 0 bridgehead atoms. The smallest absolute Gasteiger partial charge is 0.249 e. The van der Waals surface area contributed by atoms with E-state index < -0.39 is 0 Å². The van der Waals surface area contributed by atoms with Crippen LogP contribution in [0.4, 0.5) is 5.69 Å². The highest BCUT2D eigenvalue weighted by Gasteiger charge is 2.22. The minimum absolute atomic E-state index is 0.0904. The number of nitrogens with zero attached hydrogens (tertiary/aromatic N) is 2. The summed E-state index contributed by atoms with van der Waals surface area (Å²) in [4.78, 5) is 22.8. The number of unbranched alkanes of at least 4 members (excludes halogenated alkanes) is 2. The van der Waals surface area contributed by atoms with E-state index in [4.69, 9.17) is 4.84 Å². The summed E-state index contributed by atoms with van der Waals surface area (Å²) in [6, 6.07) is 13.7. The van der Waals surface area contributed by atoms with E-state index in [9.17, 15) is 4.79 Å². The zero-order chi connectivity index (χ0) is 18.2. The van der Waals surface area contributed by atoms with Crippen molar-refractivity contribution in [2.24, 2.45) is 0 Å². The summed E-state index contributed by atoms with van der Waals surface area (Å²) in [6.45, 7) is 3.68. The number of hydrogen-bond donors (Lipinski definition) is 1. The molecular weight excluding hydrogens is 326 g/mol. The standard InChI is InChI=1S/C21H25N3O2/c1-2-3-8-13-26-24-16-18(14-17-9-4-5-11-20(17)24)21(25)23-15-19-10-6-7-12-22-19/h4-7,9-12,14H,2-3,8,13,15-16H2,1H3,(H,23,25). The van der Waals surface area contributed by atoms with Crippen molar-refractivity contribution in [3.8, 4) is 0 Å². The minimum atomic E-state index is -0.0904. The second kappa shape index (κ2) is 9.15. The molecule has 0 radical (unpaired) electrons. The van der Waals surface area contributed by atoms with Crippen LogP contribution in [-0.2, 0) is 16.2 Å². The predicted molar refractivity (Wildman–Crippen MR) is 103 cm³/mol. The molecule has 3 rings (SSSR count). The summed E-state index contributed by atoms with van der Waals surface area (Å²) in [5.41, 5.74) is 3.53. The first-order valence-corrected chi connectivity index (χ1v) is 9.16.